The maximum Gasteiger partial charge on any atom is 0.337 e. The van der Waals surface area contributed by atoms with Crippen LogP contribution in [0.5, 0.6) is 0 Å². The molecule has 0 aliphatic heterocycles. The number of esters is 1. The Morgan fingerprint density at radius 1 is 0.846 bits per heavy atom. The monoisotopic (exact) mass is 348 g/mol. The second kappa shape index (κ2) is 7.65. The average Bonchev–Trinajstić information content (AvgIpc) is 2.65. The van der Waals surface area contributed by atoms with E-state index >= 15 is 0 Å². The number of hydrogen-bond donors (Lipinski definition) is 2. The maximum absolute atomic E-state index is 11.5. The first-order valence-electron chi connectivity index (χ1n) is 8.17. The molecule has 0 fully saturated rings. The lowest BCUT2D eigenvalue weighted by atomic mass is 10.1. The molecule has 0 aliphatic carbocycles. The number of ether oxygens (including phenoxy) is 1. The number of aryl methyl sites for hydroxylation is 2. The lowest BCUT2D eigenvalue weighted by molar-refractivity contribution is 0.0601. The predicted molar refractivity (Wildman–Crippen MR) is 102 cm³/mol. The van der Waals surface area contributed by atoms with Crippen LogP contribution >= 0.6 is 0 Å². The molecule has 0 unspecified atom stereocenters. The molecule has 132 valence electrons. The Morgan fingerprint density at radius 3 is 2.08 bits per heavy atom. The summed E-state index contributed by atoms with van der Waals surface area (Å²) in [5.41, 5.74) is 4.75. The quantitative estimate of drug-likeness (QED) is 0.667. The third kappa shape index (κ3) is 4.16. The van der Waals surface area contributed by atoms with Gasteiger partial charge in [0.2, 0.25) is 0 Å². The number of nitrogens with zero attached hydrogens (tertiary/aromatic N) is 2. The SMILES string of the molecule is COC(=O)c1ccc(Nc2cc(Nc3ccc(C)c(C)c3)ncn2)cc1. The van der Waals surface area contributed by atoms with Crippen LogP contribution in [0.4, 0.5) is 23.0 Å². The maximum atomic E-state index is 11.5. The molecule has 0 atom stereocenters. The van der Waals surface area contributed by atoms with Gasteiger partial charge >= 0.3 is 5.97 Å². The molecule has 0 radical (unpaired) electrons. The molecule has 26 heavy (non-hydrogen) atoms. The van der Waals surface area contributed by atoms with Crippen molar-refractivity contribution in [2.75, 3.05) is 17.7 Å². The van der Waals surface area contributed by atoms with Crippen molar-refractivity contribution >= 4 is 29.0 Å². The average molecular weight is 348 g/mol. The van der Waals surface area contributed by atoms with E-state index in [0.717, 1.165) is 11.4 Å². The van der Waals surface area contributed by atoms with E-state index in [1.807, 2.05) is 12.1 Å². The van der Waals surface area contributed by atoms with Crippen molar-refractivity contribution in [2.45, 2.75) is 13.8 Å². The Hall–Kier alpha value is -3.41. The van der Waals surface area contributed by atoms with Crippen molar-refractivity contribution in [1.82, 2.24) is 9.97 Å². The number of aromatic nitrogens is 2. The largest absolute Gasteiger partial charge is 0.465 e. The smallest absolute Gasteiger partial charge is 0.337 e. The Balaban J connectivity index is 1.72. The van der Waals surface area contributed by atoms with Crippen LogP contribution in [0.3, 0.4) is 0 Å². The highest BCUT2D eigenvalue weighted by molar-refractivity contribution is 5.89. The summed E-state index contributed by atoms with van der Waals surface area (Å²) in [4.78, 5) is 20.0. The van der Waals surface area contributed by atoms with Gasteiger partial charge < -0.3 is 15.4 Å². The molecule has 6 heteroatoms. The molecule has 0 bridgehead atoms. The summed E-state index contributed by atoms with van der Waals surface area (Å²) in [6.45, 7) is 4.16. The van der Waals surface area contributed by atoms with Gasteiger partial charge in [-0.1, -0.05) is 6.07 Å². The van der Waals surface area contributed by atoms with Crippen LogP contribution in [0, 0.1) is 13.8 Å². The molecule has 3 aromatic rings. The number of hydrogen-bond acceptors (Lipinski definition) is 6. The van der Waals surface area contributed by atoms with E-state index < -0.39 is 0 Å². The fourth-order valence-corrected chi connectivity index (χ4v) is 2.42. The molecule has 1 aromatic heterocycles. The summed E-state index contributed by atoms with van der Waals surface area (Å²) in [5, 5.41) is 6.47. The number of benzene rings is 2. The summed E-state index contributed by atoms with van der Waals surface area (Å²) in [6, 6.07) is 15.0. The molecule has 2 aromatic carbocycles. The van der Waals surface area contributed by atoms with E-state index in [1.54, 1.807) is 24.3 Å². The molecule has 1 heterocycles. The van der Waals surface area contributed by atoms with Crippen LogP contribution < -0.4 is 10.6 Å². The van der Waals surface area contributed by atoms with Gasteiger partial charge in [-0.3, -0.25) is 0 Å². The van der Waals surface area contributed by atoms with Crippen LogP contribution in [0.1, 0.15) is 21.5 Å². The molecule has 0 aliphatic rings. The summed E-state index contributed by atoms with van der Waals surface area (Å²) in [7, 11) is 1.36. The summed E-state index contributed by atoms with van der Waals surface area (Å²) < 4.78 is 4.69. The van der Waals surface area contributed by atoms with Gasteiger partial charge in [-0.15, -0.1) is 0 Å². The minimum Gasteiger partial charge on any atom is -0.465 e. The molecule has 0 saturated carbocycles. The van der Waals surface area contributed by atoms with Crippen molar-refractivity contribution in [2.24, 2.45) is 0 Å². The molecule has 0 spiro atoms. The summed E-state index contributed by atoms with van der Waals surface area (Å²) >= 11 is 0. The Bertz CT molecular complexity index is 923. The Kier molecular flexibility index (Phi) is 5.12. The molecular weight excluding hydrogens is 328 g/mol. The van der Waals surface area contributed by atoms with E-state index in [9.17, 15) is 4.79 Å². The number of anilines is 4. The van der Waals surface area contributed by atoms with Gasteiger partial charge in [-0.05, 0) is 61.4 Å². The molecule has 0 amide bonds. The molecular formula is C20H20N4O2. The van der Waals surface area contributed by atoms with Crippen LogP contribution in [0.15, 0.2) is 54.9 Å². The molecule has 2 N–H and O–H groups in total. The molecule has 3 rings (SSSR count). The zero-order valence-electron chi connectivity index (χ0n) is 14.9. The minimum atomic E-state index is -0.363. The van der Waals surface area contributed by atoms with Crippen LogP contribution in [0.25, 0.3) is 0 Å². The highest BCUT2D eigenvalue weighted by atomic mass is 16.5. The van der Waals surface area contributed by atoms with Gasteiger partial charge in [0.15, 0.2) is 0 Å². The highest BCUT2D eigenvalue weighted by Crippen LogP contribution is 2.21. The first kappa shape index (κ1) is 17.4. The zero-order chi connectivity index (χ0) is 18.5. The van der Waals surface area contributed by atoms with E-state index in [-0.39, 0.29) is 5.97 Å². The van der Waals surface area contributed by atoms with Crippen molar-refractivity contribution in [3.05, 3.63) is 71.5 Å². The summed E-state index contributed by atoms with van der Waals surface area (Å²) in [5.74, 6) is 0.979. The third-order valence-electron chi connectivity index (χ3n) is 4.02. The van der Waals surface area contributed by atoms with Gasteiger partial charge in [-0.25, -0.2) is 14.8 Å². The third-order valence-corrected chi connectivity index (χ3v) is 4.02. The topological polar surface area (TPSA) is 76.1 Å². The second-order valence-corrected chi connectivity index (χ2v) is 5.91. The normalized spacial score (nSPS) is 10.3. The van der Waals surface area contributed by atoms with Crippen LogP contribution in [0.2, 0.25) is 0 Å². The van der Waals surface area contributed by atoms with Gasteiger partial charge in [-0.2, -0.15) is 0 Å². The Morgan fingerprint density at radius 2 is 1.46 bits per heavy atom. The fourth-order valence-electron chi connectivity index (χ4n) is 2.42. The van der Waals surface area contributed by atoms with Crippen LogP contribution in [-0.4, -0.2) is 23.0 Å². The lowest BCUT2D eigenvalue weighted by Crippen LogP contribution is -2.01. The van der Waals surface area contributed by atoms with Crippen molar-refractivity contribution < 1.29 is 9.53 Å². The highest BCUT2D eigenvalue weighted by Gasteiger charge is 2.05. The van der Waals surface area contributed by atoms with Gasteiger partial charge in [0.1, 0.15) is 18.0 Å². The van der Waals surface area contributed by atoms with Crippen molar-refractivity contribution in [3.8, 4) is 0 Å². The number of carbonyl (C=O) groups is 1. The summed E-state index contributed by atoms with van der Waals surface area (Å²) in [6.07, 6.45) is 1.49. The molecule has 6 nitrogen and oxygen atoms in total. The number of carbonyl (C=O) groups excluding carboxylic acids is 1. The van der Waals surface area contributed by atoms with E-state index in [0.29, 0.717) is 17.2 Å². The van der Waals surface area contributed by atoms with Gasteiger partial charge in [0.05, 0.1) is 12.7 Å². The van der Waals surface area contributed by atoms with E-state index in [2.05, 4.69) is 46.6 Å². The number of nitrogens with one attached hydrogen (secondary N) is 2. The van der Waals surface area contributed by atoms with Crippen LogP contribution in [-0.2, 0) is 4.74 Å². The van der Waals surface area contributed by atoms with E-state index in [1.165, 1.54) is 24.6 Å². The zero-order valence-corrected chi connectivity index (χ0v) is 14.9. The first-order chi connectivity index (χ1) is 12.5. The molecule has 0 saturated heterocycles. The van der Waals surface area contributed by atoms with Crippen molar-refractivity contribution in [3.63, 3.8) is 0 Å². The van der Waals surface area contributed by atoms with Crippen molar-refractivity contribution in [1.29, 1.82) is 0 Å². The first-order valence-corrected chi connectivity index (χ1v) is 8.17. The number of rotatable bonds is 5. The standard InChI is InChI=1S/C20H20N4O2/c1-13-4-7-17(10-14(13)2)24-19-11-18(21-12-22-19)23-16-8-5-15(6-9-16)20(25)26-3/h4-12H,1-3H3,(H2,21,22,23,24). The minimum absolute atomic E-state index is 0.363. The number of methoxy groups -OCH3 is 1. The van der Waals surface area contributed by atoms with Gasteiger partial charge in [0.25, 0.3) is 0 Å². The van der Waals surface area contributed by atoms with Gasteiger partial charge in [0, 0.05) is 17.4 Å². The lowest BCUT2D eigenvalue weighted by Gasteiger charge is -2.10. The predicted octanol–water partition coefficient (Wildman–Crippen LogP) is 4.37. The Labute approximate surface area is 152 Å². The fraction of sp³-hybridized carbons (Fsp3) is 0.150. The van der Waals surface area contributed by atoms with E-state index in [4.69, 9.17) is 4.74 Å². The second-order valence-electron chi connectivity index (χ2n) is 5.91.